The molecule has 0 unspecified atom stereocenters. The molecule has 2 aromatic rings. The molecule has 1 aromatic heterocycles. The van der Waals surface area contributed by atoms with Crippen molar-refractivity contribution in [3.05, 3.63) is 29.8 Å². The minimum Gasteiger partial charge on any atom is -0.485 e. The van der Waals surface area contributed by atoms with Crippen LogP contribution in [-0.4, -0.2) is 28.1 Å². The average molecular weight is 290 g/mol. The van der Waals surface area contributed by atoms with E-state index in [-0.39, 0.29) is 6.79 Å². The Morgan fingerprint density at radius 1 is 1.33 bits per heavy atom. The van der Waals surface area contributed by atoms with Gasteiger partial charge in [0.1, 0.15) is 18.7 Å². The van der Waals surface area contributed by atoms with Crippen LogP contribution in [0.25, 0.3) is 0 Å². The molecule has 3 rings (SSSR count). The van der Waals surface area contributed by atoms with E-state index in [0.29, 0.717) is 18.9 Å². The lowest BCUT2D eigenvalue weighted by Crippen LogP contribution is -2.13. The predicted octanol–water partition coefficient (Wildman–Crippen LogP) is 1.23. The molecule has 0 spiro atoms. The second-order valence-corrected chi connectivity index (χ2v) is 4.68. The molecule has 0 bridgehead atoms. The zero-order valence-electron chi connectivity index (χ0n) is 12.1. The van der Waals surface area contributed by atoms with Gasteiger partial charge in [0, 0.05) is 25.2 Å². The van der Waals surface area contributed by atoms with Gasteiger partial charge < -0.3 is 19.5 Å². The fourth-order valence-corrected chi connectivity index (χ4v) is 2.09. The summed E-state index contributed by atoms with van der Waals surface area (Å²) in [6.07, 6.45) is 1.51. The van der Waals surface area contributed by atoms with Gasteiger partial charge in [-0.15, -0.1) is 0 Å². The van der Waals surface area contributed by atoms with E-state index in [2.05, 4.69) is 22.3 Å². The molecule has 0 saturated carbocycles. The molecule has 0 amide bonds. The van der Waals surface area contributed by atoms with Gasteiger partial charge in [-0.2, -0.15) is 5.10 Å². The summed E-state index contributed by atoms with van der Waals surface area (Å²) in [5.74, 6) is 3.00. The standard InChI is InChI=1S/C14H18N4O3/c1-3-15-6-10-4-12-13(21-9-20-12)5-11(10)19-7-14-16-8-17-18(14)2/h4-5,8,15H,3,6-7,9H2,1-2H3. The summed E-state index contributed by atoms with van der Waals surface area (Å²) in [5.41, 5.74) is 1.03. The van der Waals surface area contributed by atoms with Crippen LogP contribution in [0, 0.1) is 0 Å². The van der Waals surface area contributed by atoms with Gasteiger partial charge in [-0.05, 0) is 12.6 Å². The van der Waals surface area contributed by atoms with Crippen LogP contribution in [0.5, 0.6) is 17.2 Å². The van der Waals surface area contributed by atoms with Crippen LogP contribution in [0.4, 0.5) is 0 Å². The third-order valence-electron chi connectivity index (χ3n) is 3.28. The number of aryl methyl sites for hydroxylation is 1. The maximum absolute atomic E-state index is 5.89. The molecule has 0 aliphatic carbocycles. The fraction of sp³-hybridized carbons (Fsp3) is 0.429. The Morgan fingerprint density at radius 3 is 2.86 bits per heavy atom. The van der Waals surface area contributed by atoms with Crippen LogP contribution >= 0.6 is 0 Å². The van der Waals surface area contributed by atoms with Gasteiger partial charge in [-0.25, -0.2) is 4.98 Å². The average Bonchev–Trinajstić information content (AvgIpc) is 3.10. The number of aromatic nitrogens is 3. The number of hydrogen-bond donors (Lipinski definition) is 1. The van der Waals surface area contributed by atoms with Gasteiger partial charge in [0.25, 0.3) is 0 Å². The first-order chi connectivity index (χ1) is 10.3. The number of fused-ring (bicyclic) bond motifs is 1. The Balaban J connectivity index is 1.80. The van der Waals surface area contributed by atoms with Crippen molar-refractivity contribution in [3.8, 4) is 17.2 Å². The Kier molecular flexibility index (Phi) is 3.92. The van der Waals surface area contributed by atoms with Gasteiger partial charge in [0.2, 0.25) is 6.79 Å². The molecule has 0 saturated heterocycles. The largest absolute Gasteiger partial charge is 0.485 e. The van der Waals surface area contributed by atoms with Gasteiger partial charge in [-0.3, -0.25) is 4.68 Å². The van der Waals surface area contributed by atoms with Crippen LogP contribution in [-0.2, 0) is 20.2 Å². The molecular formula is C14H18N4O3. The number of nitrogens with one attached hydrogen (secondary N) is 1. The number of nitrogens with zero attached hydrogens (tertiary/aromatic N) is 3. The van der Waals surface area contributed by atoms with Crippen LogP contribution in [0.15, 0.2) is 18.5 Å². The van der Waals surface area contributed by atoms with Crippen molar-refractivity contribution in [1.29, 1.82) is 0 Å². The van der Waals surface area contributed by atoms with E-state index in [1.54, 1.807) is 4.68 Å². The third-order valence-corrected chi connectivity index (χ3v) is 3.28. The number of benzene rings is 1. The van der Waals surface area contributed by atoms with Crippen molar-refractivity contribution in [3.63, 3.8) is 0 Å². The summed E-state index contributed by atoms with van der Waals surface area (Å²) in [5, 5.41) is 7.32. The Hall–Kier alpha value is -2.28. The van der Waals surface area contributed by atoms with E-state index < -0.39 is 0 Å². The van der Waals surface area contributed by atoms with Crippen molar-refractivity contribution in [1.82, 2.24) is 20.1 Å². The summed E-state index contributed by atoms with van der Waals surface area (Å²) in [4.78, 5) is 4.15. The van der Waals surface area contributed by atoms with Crippen molar-refractivity contribution in [2.24, 2.45) is 7.05 Å². The summed E-state index contributed by atoms with van der Waals surface area (Å²) in [6.45, 7) is 4.27. The van der Waals surface area contributed by atoms with Crippen LogP contribution < -0.4 is 19.5 Å². The summed E-state index contributed by atoms with van der Waals surface area (Å²) < 4.78 is 18.4. The molecule has 112 valence electrons. The first-order valence-electron chi connectivity index (χ1n) is 6.87. The number of hydrogen-bond acceptors (Lipinski definition) is 6. The van der Waals surface area contributed by atoms with E-state index in [1.165, 1.54) is 6.33 Å². The highest BCUT2D eigenvalue weighted by Gasteiger charge is 2.18. The second kappa shape index (κ2) is 6.01. The van der Waals surface area contributed by atoms with Gasteiger partial charge in [0.05, 0.1) is 0 Å². The molecule has 7 heteroatoms. The molecule has 1 aromatic carbocycles. The zero-order valence-corrected chi connectivity index (χ0v) is 12.1. The molecular weight excluding hydrogens is 272 g/mol. The van der Waals surface area contributed by atoms with E-state index in [0.717, 1.165) is 29.4 Å². The van der Waals surface area contributed by atoms with E-state index in [1.807, 2.05) is 19.2 Å². The van der Waals surface area contributed by atoms with Crippen LogP contribution in [0.3, 0.4) is 0 Å². The third kappa shape index (κ3) is 2.92. The molecule has 0 atom stereocenters. The monoisotopic (exact) mass is 290 g/mol. The highest BCUT2D eigenvalue weighted by atomic mass is 16.7. The normalized spacial score (nSPS) is 12.7. The quantitative estimate of drug-likeness (QED) is 0.863. The van der Waals surface area contributed by atoms with Crippen molar-refractivity contribution < 1.29 is 14.2 Å². The van der Waals surface area contributed by atoms with Gasteiger partial charge in [0.15, 0.2) is 17.3 Å². The van der Waals surface area contributed by atoms with Gasteiger partial charge in [-0.1, -0.05) is 6.92 Å². The lowest BCUT2D eigenvalue weighted by atomic mass is 10.1. The minimum atomic E-state index is 0.253. The van der Waals surface area contributed by atoms with Crippen molar-refractivity contribution >= 4 is 0 Å². The maximum Gasteiger partial charge on any atom is 0.231 e. The van der Waals surface area contributed by atoms with Crippen molar-refractivity contribution in [2.75, 3.05) is 13.3 Å². The zero-order chi connectivity index (χ0) is 14.7. The Bertz CT molecular complexity index is 627. The first kappa shape index (κ1) is 13.7. The highest BCUT2D eigenvalue weighted by Crippen LogP contribution is 2.38. The van der Waals surface area contributed by atoms with E-state index >= 15 is 0 Å². The highest BCUT2D eigenvalue weighted by molar-refractivity contribution is 5.51. The summed E-state index contributed by atoms with van der Waals surface area (Å²) >= 11 is 0. The minimum absolute atomic E-state index is 0.253. The van der Waals surface area contributed by atoms with E-state index in [4.69, 9.17) is 14.2 Å². The molecule has 0 radical (unpaired) electrons. The molecule has 1 aliphatic heterocycles. The number of ether oxygens (including phenoxy) is 3. The van der Waals surface area contributed by atoms with Gasteiger partial charge >= 0.3 is 0 Å². The van der Waals surface area contributed by atoms with E-state index in [9.17, 15) is 0 Å². The second-order valence-electron chi connectivity index (χ2n) is 4.68. The molecule has 7 nitrogen and oxygen atoms in total. The molecule has 1 N–H and O–H groups in total. The lowest BCUT2D eigenvalue weighted by molar-refractivity contribution is 0.173. The summed E-state index contributed by atoms with van der Waals surface area (Å²) in [7, 11) is 1.84. The van der Waals surface area contributed by atoms with Crippen LogP contribution in [0.1, 0.15) is 18.3 Å². The Labute approximate surface area is 122 Å². The predicted molar refractivity (Wildman–Crippen MR) is 75.3 cm³/mol. The molecule has 1 aliphatic rings. The first-order valence-corrected chi connectivity index (χ1v) is 6.87. The SMILES string of the molecule is CCNCc1cc2c(cc1OCc1ncnn1C)OCO2. The molecule has 21 heavy (non-hydrogen) atoms. The molecule has 0 fully saturated rings. The number of rotatable bonds is 6. The summed E-state index contributed by atoms with van der Waals surface area (Å²) in [6, 6.07) is 3.82. The maximum atomic E-state index is 5.89. The smallest absolute Gasteiger partial charge is 0.231 e. The Morgan fingerprint density at radius 2 is 2.14 bits per heavy atom. The fourth-order valence-electron chi connectivity index (χ4n) is 2.09. The topological polar surface area (TPSA) is 70.4 Å². The van der Waals surface area contributed by atoms with Crippen LogP contribution in [0.2, 0.25) is 0 Å². The lowest BCUT2D eigenvalue weighted by Gasteiger charge is -2.12. The van der Waals surface area contributed by atoms with Crippen molar-refractivity contribution in [2.45, 2.75) is 20.1 Å². The molecule has 2 heterocycles.